The number of benzene rings is 2. The molecule has 0 aliphatic rings. The van der Waals surface area contributed by atoms with E-state index in [0.717, 1.165) is 24.0 Å². The molecule has 6 nitrogen and oxygen atoms in total. The van der Waals surface area contributed by atoms with Crippen LogP contribution in [0.2, 0.25) is 0 Å². The molecule has 0 saturated carbocycles. The van der Waals surface area contributed by atoms with E-state index in [0.29, 0.717) is 22.6 Å². The molecule has 0 aromatic heterocycles. The molecule has 0 aliphatic heterocycles. The van der Waals surface area contributed by atoms with Gasteiger partial charge in [0.05, 0.1) is 23.8 Å². The Morgan fingerprint density at radius 2 is 2.00 bits per heavy atom. The van der Waals surface area contributed by atoms with Crippen LogP contribution in [0.4, 0.5) is 5.69 Å². The highest BCUT2D eigenvalue weighted by molar-refractivity contribution is 5.67. The van der Waals surface area contributed by atoms with Gasteiger partial charge in [0.2, 0.25) is 6.23 Å². The quantitative estimate of drug-likeness (QED) is 0.505. The number of aliphatic hydroxyl groups excluding tert-OH is 1. The third-order valence-corrected chi connectivity index (χ3v) is 4.12. The number of carbonyl (C=O) groups excluding carboxylic acids is 1. The topological polar surface area (TPSA) is 91.6 Å². The Kier molecular flexibility index (Phi) is 7.85. The van der Waals surface area contributed by atoms with Crippen LogP contribution in [0.15, 0.2) is 36.4 Å². The number of hydrogen-bond acceptors (Lipinski definition) is 6. The van der Waals surface area contributed by atoms with Crippen LogP contribution in [0.1, 0.15) is 48.8 Å². The first-order valence-electron chi connectivity index (χ1n) is 9.29. The van der Waals surface area contributed by atoms with Gasteiger partial charge < -0.3 is 19.9 Å². The van der Waals surface area contributed by atoms with Gasteiger partial charge in [0.25, 0.3) is 0 Å². The fourth-order valence-electron chi connectivity index (χ4n) is 2.98. The largest absolute Gasteiger partial charge is 0.490 e. The molecule has 0 bridgehead atoms. The number of aryl methyl sites for hydroxylation is 2. The number of anilines is 1. The second-order valence-electron chi connectivity index (χ2n) is 6.48. The Balaban J connectivity index is 2.46. The van der Waals surface area contributed by atoms with E-state index in [4.69, 9.17) is 19.8 Å². The number of nitriles is 1. The number of ether oxygens (including phenoxy) is 2. The Morgan fingerprint density at radius 1 is 1.29 bits per heavy atom. The lowest BCUT2D eigenvalue weighted by Crippen LogP contribution is -2.19. The van der Waals surface area contributed by atoms with Crippen molar-refractivity contribution in [2.45, 2.75) is 39.8 Å². The van der Waals surface area contributed by atoms with E-state index < -0.39 is 12.2 Å². The number of nitrogens with zero attached hydrogens (tertiary/aromatic N) is 1. The number of hydrogen-bond donors (Lipinski definition) is 2. The van der Waals surface area contributed by atoms with Crippen LogP contribution < -0.4 is 10.1 Å². The molecule has 0 radical (unpaired) electrons. The highest BCUT2D eigenvalue weighted by Gasteiger charge is 2.22. The van der Waals surface area contributed by atoms with Crippen molar-refractivity contribution >= 4 is 11.7 Å². The fraction of sp³-hybridized carbons (Fsp3) is 0.364. The van der Waals surface area contributed by atoms with Gasteiger partial charge in [-0.25, -0.2) is 0 Å². The molecule has 148 valence electrons. The lowest BCUT2D eigenvalue weighted by Gasteiger charge is -2.24. The third-order valence-electron chi connectivity index (χ3n) is 4.12. The molecule has 1 unspecified atom stereocenters. The molecule has 0 amide bonds. The molecule has 2 N–H and O–H groups in total. The molecule has 28 heavy (non-hydrogen) atoms. The van der Waals surface area contributed by atoms with Crippen molar-refractivity contribution in [2.24, 2.45) is 0 Å². The number of nitrogens with one attached hydrogen (secondary N) is 1. The molecular weight excluding hydrogens is 356 g/mol. The van der Waals surface area contributed by atoms with Gasteiger partial charge in [-0.05, 0) is 54.8 Å². The van der Waals surface area contributed by atoms with E-state index in [9.17, 15) is 4.79 Å². The number of carbonyl (C=O) groups is 1. The Labute approximate surface area is 165 Å². The van der Waals surface area contributed by atoms with E-state index in [1.165, 1.54) is 6.92 Å². The van der Waals surface area contributed by atoms with Gasteiger partial charge in [0.15, 0.2) is 0 Å². The summed E-state index contributed by atoms with van der Waals surface area (Å²) in [5, 5.41) is 21.3. The standard InChI is InChI=1S/C22H26N2O4/c1-4-5-18-12-15(2)21(27-11-10-25)20(13-18)22(28-16(3)26)24-19-8-6-17(14-23)7-9-19/h6-9,12-13,22,24-25H,4-5,10-11H2,1-3H3. The summed E-state index contributed by atoms with van der Waals surface area (Å²) in [5.41, 5.74) is 3.97. The summed E-state index contributed by atoms with van der Waals surface area (Å²) in [5.74, 6) is 0.152. The molecule has 0 spiro atoms. The van der Waals surface area contributed by atoms with Crippen molar-refractivity contribution < 1.29 is 19.4 Å². The van der Waals surface area contributed by atoms with Crippen LogP contribution in [0.3, 0.4) is 0 Å². The van der Waals surface area contributed by atoms with Gasteiger partial charge in [0.1, 0.15) is 12.4 Å². The van der Waals surface area contributed by atoms with E-state index in [-0.39, 0.29) is 13.2 Å². The summed E-state index contributed by atoms with van der Waals surface area (Å²) < 4.78 is 11.3. The van der Waals surface area contributed by atoms with Gasteiger partial charge in [-0.2, -0.15) is 5.26 Å². The zero-order chi connectivity index (χ0) is 20.5. The van der Waals surface area contributed by atoms with Crippen LogP contribution in [0.5, 0.6) is 5.75 Å². The van der Waals surface area contributed by atoms with Crippen LogP contribution in [0.25, 0.3) is 0 Å². The summed E-state index contributed by atoms with van der Waals surface area (Å²) in [6.45, 7) is 5.41. The number of rotatable bonds is 9. The molecule has 2 aromatic rings. The van der Waals surface area contributed by atoms with Crippen molar-refractivity contribution in [3.05, 3.63) is 58.7 Å². The molecule has 1 atom stereocenters. The predicted octanol–water partition coefficient (Wildman–Crippen LogP) is 3.86. The third kappa shape index (κ3) is 5.73. The summed E-state index contributed by atoms with van der Waals surface area (Å²) in [4.78, 5) is 11.8. The normalized spacial score (nSPS) is 11.4. The van der Waals surface area contributed by atoms with Crippen molar-refractivity contribution in [1.82, 2.24) is 0 Å². The minimum absolute atomic E-state index is 0.114. The maximum atomic E-state index is 11.8. The zero-order valence-electron chi connectivity index (χ0n) is 16.5. The van der Waals surface area contributed by atoms with Gasteiger partial charge >= 0.3 is 5.97 Å². The van der Waals surface area contributed by atoms with Crippen molar-refractivity contribution in [3.63, 3.8) is 0 Å². The lowest BCUT2D eigenvalue weighted by atomic mass is 10.0. The second-order valence-corrected chi connectivity index (χ2v) is 6.48. The van der Waals surface area contributed by atoms with E-state index in [1.807, 2.05) is 19.1 Å². The molecule has 0 heterocycles. The highest BCUT2D eigenvalue weighted by atomic mass is 16.6. The van der Waals surface area contributed by atoms with E-state index in [2.05, 4.69) is 18.3 Å². The van der Waals surface area contributed by atoms with E-state index >= 15 is 0 Å². The molecule has 2 aromatic carbocycles. The average molecular weight is 382 g/mol. The number of esters is 1. The molecule has 2 rings (SSSR count). The van der Waals surface area contributed by atoms with Gasteiger partial charge in [0, 0.05) is 12.6 Å². The van der Waals surface area contributed by atoms with Gasteiger partial charge in [-0.15, -0.1) is 0 Å². The minimum Gasteiger partial charge on any atom is -0.490 e. The molecule has 6 heteroatoms. The Morgan fingerprint density at radius 3 is 2.57 bits per heavy atom. The first-order chi connectivity index (χ1) is 13.5. The van der Waals surface area contributed by atoms with Crippen LogP contribution in [-0.2, 0) is 16.0 Å². The summed E-state index contributed by atoms with van der Waals surface area (Å²) >= 11 is 0. The maximum absolute atomic E-state index is 11.8. The molecule has 0 aliphatic carbocycles. The Bertz CT molecular complexity index is 841. The SMILES string of the molecule is CCCc1cc(C)c(OCCO)c(C(Nc2ccc(C#N)cc2)OC(C)=O)c1. The van der Waals surface area contributed by atoms with Crippen LogP contribution >= 0.6 is 0 Å². The molecule has 0 fully saturated rings. The average Bonchev–Trinajstić information content (AvgIpc) is 2.67. The van der Waals surface area contributed by atoms with Gasteiger partial charge in [-0.1, -0.05) is 19.4 Å². The smallest absolute Gasteiger partial charge is 0.304 e. The van der Waals surface area contributed by atoms with Crippen LogP contribution in [-0.4, -0.2) is 24.3 Å². The fourth-order valence-corrected chi connectivity index (χ4v) is 2.98. The van der Waals surface area contributed by atoms with Gasteiger partial charge in [-0.3, -0.25) is 4.79 Å². The number of aliphatic hydroxyl groups is 1. The highest BCUT2D eigenvalue weighted by Crippen LogP contribution is 2.34. The first-order valence-corrected chi connectivity index (χ1v) is 9.29. The van der Waals surface area contributed by atoms with Crippen LogP contribution in [0, 0.1) is 18.3 Å². The first kappa shape index (κ1) is 21.3. The van der Waals surface area contributed by atoms with Crippen molar-refractivity contribution in [2.75, 3.05) is 18.5 Å². The lowest BCUT2D eigenvalue weighted by molar-refractivity contribution is -0.145. The predicted molar refractivity (Wildman–Crippen MR) is 107 cm³/mol. The zero-order valence-corrected chi connectivity index (χ0v) is 16.5. The summed E-state index contributed by atoms with van der Waals surface area (Å²) in [7, 11) is 0. The summed E-state index contributed by atoms with van der Waals surface area (Å²) in [6, 6.07) is 13.0. The molecule has 0 saturated heterocycles. The summed E-state index contributed by atoms with van der Waals surface area (Å²) in [6.07, 6.45) is 1.10. The monoisotopic (exact) mass is 382 g/mol. The second kappa shape index (κ2) is 10.3. The van der Waals surface area contributed by atoms with E-state index in [1.54, 1.807) is 24.3 Å². The molecular formula is C22H26N2O4. The maximum Gasteiger partial charge on any atom is 0.304 e. The minimum atomic E-state index is -0.769. The van der Waals surface area contributed by atoms with Crippen molar-refractivity contribution in [1.29, 1.82) is 5.26 Å². The Hall–Kier alpha value is -3.04. The van der Waals surface area contributed by atoms with Crippen molar-refractivity contribution in [3.8, 4) is 11.8 Å².